The van der Waals surface area contributed by atoms with Gasteiger partial charge in [0.2, 0.25) is 23.3 Å². The Morgan fingerprint density at radius 3 is 1.08 bits per heavy atom. The van der Waals surface area contributed by atoms with Crippen LogP contribution in [0, 0.1) is 49.2 Å². The number of likely N-dealkylation sites (N-methyl/N-ethyl adjacent to an activating group) is 1. The molecule has 0 aromatic heterocycles. The standard InChI is InChI=1S/C15H25NO3.C15H24O3.C13H23NO2.C13H22O3.C13H22O2.C12H20O2.C11H18O2.C10H18O2/c1-5-7-12(17)8-6-9-14(19)16-11-13(18)10-15(2,3)4;1-5-7-12(16)8-6-9-13(17)10-11-14(18)15(2,3)4;1-13(2,3)12(16)9-8-11(15)7-6-10-14(4)5;1-10(8-9-16-5)11(14)6-7-12(15)13(2,3)4;1-5-7-11(14)8-6-9-12(15)10-13(2,3)4;1-6-9(2)10(13)7-8-11(14)12(3,4)5;1-8(2)6-9(12)10(13)7-11(3,4)5;1-7(2)6-8(11)9(12)10(3,4)5/h5,7H,6,8-11H2,1-4H3,(H,16,19);5,7H,6,8-11H2,1-4H3;6-7H,8-10H2,1-5H3;8H,6-7,9H2,1-5H3;5,7H,6,8-10H2,1-4H3;2,6-8H2,1,3-5H3;6H,7H2,1-5H3;7H,6H2,1-5H3/b2*7-5+;7-6+;10-8+;7-5+;;;. The Kier molecular flexibility index (Phi) is 72.4. The van der Waals surface area contributed by atoms with Crippen LogP contribution in [0.15, 0.2) is 84.1 Å². The molecule has 0 aliphatic rings. The molecule has 0 aromatic rings. The predicted molar refractivity (Wildman–Crippen MR) is 502 cm³/mol. The van der Waals surface area contributed by atoms with Gasteiger partial charge in [-0.15, -0.1) is 0 Å². The molecule has 0 fully saturated rings. The maximum absolute atomic E-state index is 11.6. The zero-order valence-corrected chi connectivity index (χ0v) is 83.9. The van der Waals surface area contributed by atoms with Crippen LogP contribution in [-0.2, 0) is 91.0 Å². The largest absolute Gasteiger partial charge is 0.381 e. The highest BCUT2D eigenvalue weighted by molar-refractivity contribution is 6.41. The first-order chi connectivity index (χ1) is 55.6. The summed E-state index contributed by atoms with van der Waals surface area (Å²) in [6, 6.07) is 0. The SMILES string of the molecule is C/C=C/C(=O)CCCC(=O)CC(C)(C)C.C/C=C/C(=O)CCCC(=O)CCC(=O)C(C)(C)C.C/C=C/C(=O)CCCC(=O)NCC(=O)CC(C)(C)C.C=C(CC)C(=O)CCC(=O)C(C)(C)C.CC(C)=CC(=O)C(=O)CC(C)(C)C.CC(C)CC(=O)C(=O)C(C)(C)C.CN(C)C/C=C/C(=O)CCC(=O)C(C)(C)C.COC/C=C(\C)C(=O)CCC(=O)C(C)(C)C. The maximum atomic E-state index is 11.6. The average molecular weight is 1730 g/mol. The molecule has 0 atom stereocenters. The third kappa shape index (κ3) is 91.5. The minimum Gasteiger partial charge on any atom is -0.381 e. The van der Waals surface area contributed by atoms with Crippen LogP contribution < -0.4 is 5.32 Å². The molecule has 0 heterocycles. The minimum atomic E-state index is -0.522. The van der Waals surface area contributed by atoms with Crippen LogP contribution in [0.3, 0.4) is 0 Å². The van der Waals surface area contributed by atoms with E-state index in [0.29, 0.717) is 153 Å². The van der Waals surface area contributed by atoms with E-state index < -0.39 is 5.41 Å². The first-order valence-electron chi connectivity index (χ1n) is 43.6. The number of allylic oxidation sites excluding steroid dienone is 11. The number of ether oxygens (including phenoxy) is 1. The van der Waals surface area contributed by atoms with Crippen LogP contribution in [0.4, 0.5) is 0 Å². The van der Waals surface area contributed by atoms with Crippen LogP contribution in [0.1, 0.15) is 370 Å². The fraction of sp³-hybridized carbons (Fsp3) is 0.686. The topological polar surface area (TPSA) is 332 Å². The second kappa shape index (κ2) is 68.3. The molecule has 704 valence electrons. The lowest BCUT2D eigenvalue weighted by atomic mass is 9.86. The quantitative estimate of drug-likeness (QED) is 0.0437. The van der Waals surface area contributed by atoms with Crippen LogP contribution >= 0.6 is 0 Å². The van der Waals surface area contributed by atoms with Crippen molar-refractivity contribution >= 4 is 104 Å². The molecular weight excluding hydrogens is 1560 g/mol. The number of ketones is 17. The van der Waals surface area contributed by atoms with E-state index in [1.54, 1.807) is 85.1 Å². The Bertz CT molecular complexity index is 3530. The van der Waals surface area contributed by atoms with Crippen molar-refractivity contribution in [2.75, 3.05) is 40.9 Å². The van der Waals surface area contributed by atoms with E-state index in [1.165, 1.54) is 18.2 Å². The summed E-state index contributed by atoms with van der Waals surface area (Å²) in [5, 5.41) is 2.59. The summed E-state index contributed by atoms with van der Waals surface area (Å²) in [5.74, 6) is 0.0624. The van der Waals surface area contributed by atoms with Crippen molar-refractivity contribution in [3.8, 4) is 0 Å². The van der Waals surface area contributed by atoms with E-state index in [9.17, 15) is 86.3 Å². The zero-order valence-electron chi connectivity index (χ0n) is 83.9. The summed E-state index contributed by atoms with van der Waals surface area (Å²) in [7, 11) is 5.47. The Morgan fingerprint density at radius 2 is 0.748 bits per heavy atom. The molecule has 0 spiro atoms. The molecule has 0 bridgehead atoms. The Hall–Kier alpha value is -8.04. The van der Waals surface area contributed by atoms with E-state index in [0.717, 1.165) is 12.1 Å². The molecule has 1 N–H and O–H groups in total. The van der Waals surface area contributed by atoms with Gasteiger partial charge in [-0.1, -0.05) is 229 Å². The minimum absolute atomic E-state index is 0.0186. The molecule has 21 nitrogen and oxygen atoms in total. The van der Waals surface area contributed by atoms with Crippen molar-refractivity contribution in [2.45, 2.75) is 370 Å². The van der Waals surface area contributed by atoms with Gasteiger partial charge in [-0.25, -0.2) is 0 Å². The monoisotopic (exact) mass is 1730 g/mol. The van der Waals surface area contributed by atoms with E-state index >= 15 is 0 Å². The molecule has 0 saturated heterocycles. The molecule has 0 unspecified atom stereocenters. The third-order valence-corrected chi connectivity index (χ3v) is 16.8. The van der Waals surface area contributed by atoms with Crippen molar-refractivity contribution in [1.29, 1.82) is 0 Å². The number of methoxy groups -OCH3 is 1. The van der Waals surface area contributed by atoms with Crippen LogP contribution in [-0.4, -0.2) is 150 Å². The molecule has 0 rings (SSSR count). The third-order valence-electron chi connectivity index (χ3n) is 16.8. The van der Waals surface area contributed by atoms with Crippen molar-refractivity contribution in [1.82, 2.24) is 10.2 Å². The highest BCUT2D eigenvalue weighted by Crippen LogP contribution is 2.25. The molecule has 0 aliphatic heterocycles. The van der Waals surface area contributed by atoms with Gasteiger partial charge in [0.15, 0.2) is 46.3 Å². The van der Waals surface area contributed by atoms with E-state index in [4.69, 9.17) is 4.74 Å². The number of rotatable bonds is 45. The average Bonchev–Trinajstić information content (AvgIpc) is 0.898. The van der Waals surface area contributed by atoms with Crippen LogP contribution in [0.25, 0.3) is 0 Å². The molecule has 0 aromatic carbocycles. The number of nitrogens with one attached hydrogen (secondary N) is 1. The fourth-order valence-electron chi connectivity index (χ4n) is 9.50. The normalized spacial score (nSPS) is 11.8. The van der Waals surface area contributed by atoms with Gasteiger partial charge in [-0.3, -0.25) is 86.3 Å². The number of carbonyl (C=O) groups is 18. The van der Waals surface area contributed by atoms with Crippen molar-refractivity contribution in [2.24, 2.45) is 49.2 Å². The molecule has 1 amide bonds. The van der Waals surface area contributed by atoms with Crippen LogP contribution in [0.5, 0.6) is 0 Å². The van der Waals surface area contributed by atoms with Gasteiger partial charge in [0.05, 0.1) is 13.2 Å². The Labute approximate surface area is 745 Å². The van der Waals surface area contributed by atoms with Crippen LogP contribution in [0.2, 0.25) is 0 Å². The first kappa shape index (κ1) is 130. The summed E-state index contributed by atoms with van der Waals surface area (Å²) < 4.78 is 4.85. The lowest BCUT2D eigenvalue weighted by Gasteiger charge is -2.16. The number of amides is 1. The Balaban J connectivity index is -0.000000206. The van der Waals surface area contributed by atoms with E-state index in [2.05, 4.69) is 32.7 Å². The molecular formula is C102H172N2O19. The number of nitrogens with zero attached hydrogens (tertiary/aromatic N) is 1. The smallest absolute Gasteiger partial charge is 0.221 e. The predicted octanol–water partition coefficient (Wildman–Crippen LogP) is 21.3. The highest BCUT2D eigenvalue weighted by Gasteiger charge is 2.29. The number of carbonyl (C=O) groups excluding carboxylic acids is 18. The molecule has 0 radical (unpaired) electrons. The second-order valence-corrected chi connectivity index (χ2v) is 40.6. The summed E-state index contributed by atoms with van der Waals surface area (Å²) in [6.45, 7) is 67.1. The molecule has 0 aliphatic carbocycles. The van der Waals surface area contributed by atoms with E-state index in [-0.39, 0.29) is 161 Å². The number of hydrogen-bond donors (Lipinski definition) is 1. The summed E-state index contributed by atoms with van der Waals surface area (Å²) in [5.41, 5.74) is 0.121. The maximum Gasteiger partial charge on any atom is 0.221 e. The molecule has 123 heavy (non-hydrogen) atoms. The summed E-state index contributed by atoms with van der Waals surface area (Å²) >= 11 is 0. The van der Waals surface area contributed by atoms with Gasteiger partial charge in [0.25, 0.3) is 0 Å². The fourth-order valence-corrected chi connectivity index (χ4v) is 9.50. The lowest BCUT2D eigenvalue weighted by molar-refractivity contribution is -0.141. The second-order valence-electron chi connectivity index (χ2n) is 40.6. The highest BCUT2D eigenvalue weighted by atomic mass is 16.5. The first-order valence-corrected chi connectivity index (χ1v) is 43.6. The molecule has 0 saturated carbocycles. The van der Waals surface area contributed by atoms with Gasteiger partial charge in [-0.05, 0) is 145 Å². The number of hydrogen-bond acceptors (Lipinski definition) is 20. The van der Waals surface area contributed by atoms with E-state index in [1.807, 2.05) is 191 Å². The summed E-state index contributed by atoms with van der Waals surface area (Å²) in [6.07, 6.45) is 25.4. The van der Waals surface area contributed by atoms with Gasteiger partial charge in [-0.2, -0.15) is 0 Å². The number of Topliss-reactive ketones (excluding diaryl/α,β-unsaturated/α-hetero) is 12. The lowest BCUT2D eigenvalue weighted by Crippen LogP contribution is -2.31. The van der Waals surface area contributed by atoms with Crippen molar-refractivity contribution in [3.63, 3.8) is 0 Å². The van der Waals surface area contributed by atoms with Gasteiger partial charge in [0, 0.05) is 156 Å². The van der Waals surface area contributed by atoms with Crippen molar-refractivity contribution in [3.05, 3.63) is 84.1 Å². The molecule has 21 heteroatoms. The van der Waals surface area contributed by atoms with Gasteiger partial charge in [0.1, 0.15) is 34.7 Å². The van der Waals surface area contributed by atoms with Gasteiger partial charge < -0.3 is 15.0 Å². The summed E-state index contributed by atoms with van der Waals surface area (Å²) in [4.78, 5) is 207. The van der Waals surface area contributed by atoms with Crippen molar-refractivity contribution < 1.29 is 91.0 Å². The zero-order chi connectivity index (χ0) is 98.4. The Morgan fingerprint density at radius 1 is 0.398 bits per heavy atom. The van der Waals surface area contributed by atoms with Gasteiger partial charge >= 0.3 is 0 Å².